The normalized spacial score (nSPS) is 10.9. The molecule has 0 radical (unpaired) electrons. The van der Waals surface area contributed by atoms with Crippen LogP contribution in [0.2, 0.25) is 5.02 Å². The van der Waals surface area contributed by atoms with Crippen molar-refractivity contribution in [2.24, 2.45) is 0 Å². The third-order valence-corrected chi connectivity index (χ3v) is 3.63. The van der Waals surface area contributed by atoms with E-state index >= 15 is 0 Å². The quantitative estimate of drug-likeness (QED) is 0.707. The Hall–Kier alpha value is -1.85. The Kier molecular flexibility index (Phi) is 3.23. The summed E-state index contributed by atoms with van der Waals surface area (Å²) < 4.78 is 20.8. The predicted molar refractivity (Wildman–Crippen MR) is 80.0 cm³/mol. The van der Waals surface area contributed by atoms with E-state index in [0.717, 1.165) is 11.0 Å². The number of hydrogen-bond donors (Lipinski definition) is 1. The van der Waals surface area contributed by atoms with Crippen LogP contribution in [0.1, 0.15) is 0 Å². The molecule has 0 saturated heterocycles. The van der Waals surface area contributed by atoms with E-state index in [9.17, 15) is 4.39 Å². The van der Waals surface area contributed by atoms with Gasteiger partial charge in [0.2, 0.25) is 0 Å². The number of methoxy groups -OCH3 is 1. The maximum Gasteiger partial charge on any atom is 0.182 e. The highest BCUT2D eigenvalue weighted by Crippen LogP contribution is 2.31. The third-order valence-electron chi connectivity index (χ3n) is 3.04. The number of nitrogens with one attached hydrogen (secondary N) is 1. The lowest BCUT2D eigenvalue weighted by atomic mass is 10.2. The first-order valence-corrected chi connectivity index (χ1v) is 6.63. The van der Waals surface area contributed by atoms with Crippen molar-refractivity contribution >= 4 is 34.9 Å². The highest BCUT2D eigenvalue weighted by atomic mass is 35.5. The number of para-hydroxylation sites is 1. The molecule has 0 fully saturated rings. The lowest BCUT2D eigenvalue weighted by Crippen LogP contribution is -1.99. The molecule has 1 heterocycles. The Morgan fingerprint density at radius 3 is 2.85 bits per heavy atom. The Morgan fingerprint density at radius 1 is 1.30 bits per heavy atom. The van der Waals surface area contributed by atoms with Crippen LogP contribution < -0.4 is 4.74 Å². The largest absolute Gasteiger partial charge is 0.494 e. The molecule has 0 aliphatic carbocycles. The number of imidazole rings is 1. The van der Waals surface area contributed by atoms with Gasteiger partial charge in [-0.2, -0.15) is 0 Å². The van der Waals surface area contributed by atoms with Gasteiger partial charge in [0.25, 0.3) is 0 Å². The molecular weight excluding hydrogens is 299 g/mol. The third kappa shape index (κ3) is 1.99. The molecule has 20 heavy (non-hydrogen) atoms. The van der Waals surface area contributed by atoms with Crippen molar-refractivity contribution in [3.8, 4) is 11.4 Å². The molecule has 3 aromatic rings. The van der Waals surface area contributed by atoms with Gasteiger partial charge in [0.05, 0.1) is 28.9 Å². The van der Waals surface area contributed by atoms with Gasteiger partial charge in [-0.15, -0.1) is 0 Å². The van der Waals surface area contributed by atoms with Crippen LogP contribution in [0.5, 0.6) is 5.75 Å². The van der Waals surface area contributed by atoms with Crippen LogP contribution in [-0.4, -0.2) is 16.7 Å². The fraction of sp³-hybridized carbons (Fsp3) is 0.0714. The summed E-state index contributed by atoms with van der Waals surface area (Å²) in [7, 11) is 1.48. The number of hydrogen-bond acceptors (Lipinski definition) is 2. The second kappa shape index (κ2) is 4.92. The van der Waals surface area contributed by atoms with Gasteiger partial charge < -0.3 is 9.72 Å². The number of H-pyrrole nitrogens is 1. The van der Waals surface area contributed by atoms with Crippen molar-refractivity contribution < 1.29 is 9.13 Å². The van der Waals surface area contributed by atoms with E-state index in [0.29, 0.717) is 21.2 Å². The van der Waals surface area contributed by atoms with Crippen molar-refractivity contribution in [2.45, 2.75) is 0 Å². The number of fused-ring (bicyclic) bond motifs is 1. The topological polar surface area (TPSA) is 29.9 Å². The summed E-state index contributed by atoms with van der Waals surface area (Å²) >= 11 is 11.6. The van der Waals surface area contributed by atoms with E-state index in [1.54, 1.807) is 16.7 Å². The lowest BCUT2D eigenvalue weighted by Gasteiger charge is -2.11. The molecule has 0 amide bonds. The fourth-order valence-corrected chi connectivity index (χ4v) is 2.74. The van der Waals surface area contributed by atoms with E-state index in [2.05, 4.69) is 4.98 Å². The molecule has 3 nitrogen and oxygen atoms in total. The number of ether oxygens (including phenoxy) is 1. The standard InChI is InChI=1S/C14H10ClFN2OS/c1-19-12-7-8(16)5-6-11(12)18-13-9(15)3-2-4-10(13)17-14(18)20/h2-7H,1H3,(H,17,20). The van der Waals surface area contributed by atoms with Crippen molar-refractivity contribution in [3.05, 3.63) is 52.0 Å². The van der Waals surface area contributed by atoms with Gasteiger partial charge in [-0.25, -0.2) is 4.39 Å². The maximum absolute atomic E-state index is 13.3. The van der Waals surface area contributed by atoms with Gasteiger partial charge in [0.1, 0.15) is 11.6 Å². The Labute approximate surface area is 124 Å². The summed E-state index contributed by atoms with van der Waals surface area (Å²) in [6, 6.07) is 9.77. The lowest BCUT2D eigenvalue weighted by molar-refractivity contribution is 0.409. The van der Waals surface area contributed by atoms with Gasteiger partial charge in [0, 0.05) is 6.07 Å². The molecule has 102 valence electrons. The first-order valence-electron chi connectivity index (χ1n) is 5.85. The molecule has 1 N–H and O–H groups in total. The number of rotatable bonds is 2. The van der Waals surface area contributed by atoms with Crippen LogP contribution in [0.4, 0.5) is 4.39 Å². The summed E-state index contributed by atoms with van der Waals surface area (Å²) in [5, 5.41) is 0.557. The first kappa shape index (κ1) is 13.1. The molecule has 0 spiro atoms. The SMILES string of the molecule is COc1cc(F)ccc1-n1c(=S)[nH]c2cccc(Cl)c21. The second-order valence-electron chi connectivity index (χ2n) is 4.22. The monoisotopic (exact) mass is 308 g/mol. The van der Waals surface area contributed by atoms with E-state index in [1.165, 1.54) is 19.2 Å². The molecule has 2 aromatic carbocycles. The van der Waals surface area contributed by atoms with Gasteiger partial charge >= 0.3 is 0 Å². The molecule has 0 atom stereocenters. The zero-order chi connectivity index (χ0) is 14.3. The smallest absolute Gasteiger partial charge is 0.182 e. The van der Waals surface area contributed by atoms with Gasteiger partial charge in [-0.3, -0.25) is 4.57 Å². The van der Waals surface area contributed by atoms with Gasteiger partial charge in [-0.05, 0) is 36.5 Å². The molecule has 3 rings (SSSR count). The Morgan fingerprint density at radius 2 is 2.10 bits per heavy atom. The molecule has 0 aliphatic rings. The van der Waals surface area contributed by atoms with Crippen molar-refractivity contribution in [3.63, 3.8) is 0 Å². The molecular formula is C14H10ClFN2OS. The average molecular weight is 309 g/mol. The van der Waals surface area contributed by atoms with Crippen LogP contribution in [0.15, 0.2) is 36.4 Å². The summed E-state index contributed by atoms with van der Waals surface area (Å²) in [4.78, 5) is 3.08. The number of aromatic amines is 1. The minimum atomic E-state index is -0.372. The van der Waals surface area contributed by atoms with E-state index < -0.39 is 0 Å². The molecule has 0 saturated carbocycles. The highest BCUT2D eigenvalue weighted by molar-refractivity contribution is 7.71. The number of aromatic nitrogens is 2. The molecule has 1 aromatic heterocycles. The second-order valence-corrected chi connectivity index (χ2v) is 5.01. The van der Waals surface area contributed by atoms with Crippen LogP contribution >= 0.6 is 23.8 Å². The first-order chi connectivity index (χ1) is 9.61. The minimum Gasteiger partial charge on any atom is -0.494 e. The Balaban J connectivity index is 2.41. The summed E-state index contributed by atoms with van der Waals surface area (Å²) in [5.74, 6) is 0.0185. The molecule has 0 aliphatic heterocycles. The minimum absolute atomic E-state index is 0.372. The van der Waals surface area contributed by atoms with E-state index in [-0.39, 0.29) is 5.82 Å². The van der Waals surface area contributed by atoms with E-state index in [1.807, 2.05) is 12.1 Å². The van der Waals surface area contributed by atoms with Crippen LogP contribution in [0.25, 0.3) is 16.7 Å². The number of nitrogens with zero attached hydrogens (tertiary/aromatic N) is 1. The molecule has 0 bridgehead atoms. The number of benzene rings is 2. The van der Waals surface area contributed by atoms with Crippen LogP contribution in [0.3, 0.4) is 0 Å². The van der Waals surface area contributed by atoms with Crippen molar-refractivity contribution in [2.75, 3.05) is 7.11 Å². The van der Waals surface area contributed by atoms with Crippen LogP contribution in [0, 0.1) is 10.6 Å². The van der Waals surface area contributed by atoms with Gasteiger partial charge in [-0.1, -0.05) is 17.7 Å². The zero-order valence-corrected chi connectivity index (χ0v) is 12.1. The summed E-state index contributed by atoms with van der Waals surface area (Å²) in [6.45, 7) is 0. The average Bonchev–Trinajstić information content (AvgIpc) is 2.76. The van der Waals surface area contributed by atoms with Gasteiger partial charge in [0.15, 0.2) is 4.77 Å². The fourth-order valence-electron chi connectivity index (χ4n) is 2.18. The Bertz CT molecular complexity index is 856. The molecule has 0 unspecified atom stereocenters. The van der Waals surface area contributed by atoms with Crippen molar-refractivity contribution in [1.29, 1.82) is 0 Å². The maximum atomic E-state index is 13.3. The highest BCUT2D eigenvalue weighted by Gasteiger charge is 2.14. The zero-order valence-electron chi connectivity index (χ0n) is 10.5. The predicted octanol–water partition coefficient (Wildman–Crippen LogP) is 4.49. The molecule has 6 heteroatoms. The summed E-state index contributed by atoms with van der Waals surface area (Å²) in [5.41, 5.74) is 2.19. The van der Waals surface area contributed by atoms with Crippen LogP contribution in [-0.2, 0) is 0 Å². The summed E-state index contributed by atoms with van der Waals surface area (Å²) in [6.07, 6.45) is 0. The number of halogens is 2. The van der Waals surface area contributed by atoms with Crippen molar-refractivity contribution in [1.82, 2.24) is 9.55 Å². The van der Waals surface area contributed by atoms with E-state index in [4.69, 9.17) is 28.6 Å².